The lowest BCUT2D eigenvalue weighted by molar-refractivity contribution is 0.172. The first kappa shape index (κ1) is 20.0. The first-order valence-corrected chi connectivity index (χ1v) is 10.6. The molecule has 1 aromatic heterocycles. The van der Waals surface area contributed by atoms with E-state index >= 15 is 0 Å². The van der Waals surface area contributed by atoms with Crippen molar-refractivity contribution in [1.82, 2.24) is 14.5 Å². The average molecular weight is 436 g/mol. The molecule has 0 bridgehead atoms. The zero-order valence-corrected chi connectivity index (χ0v) is 16.4. The van der Waals surface area contributed by atoms with E-state index < -0.39 is 26.6 Å². The van der Waals surface area contributed by atoms with Crippen LogP contribution in [0.3, 0.4) is 0 Å². The van der Waals surface area contributed by atoms with Gasteiger partial charge in [-0.2, -0.15) is 4.31 Å². The highest BCUT2D eigenvalue weighted by Crippen LogP contribution is 2.22. The highest BCUT2D eigenvalue weighted by molar-refractivity contribution is 7.89. The predicted octanol–water partition coefficient (Wildman–Crippen LogP) is 2.90. The van der Waals surface area contributed by atoms with Gasteiger partial charge >= 0.3 is 6.03 Å². The van der Waals surface area contributed by atoms with Gasteiger partial charge in [-0.15, -0.1) is 11.3 Å². The summed E-state index contributed by atoms with van der Waals surface area (Å²) in [5.41, 5.74) is 0. The van der Waals surface area contributed by atoms with Crippen molar-refractivity contribution in [3.05, 3.63) is 51.2 Å². The average Bonchev–Trinajstić information content (AvgIpc) is 3.07. The van der Waals surface area contributed by atoms with Gasteiger partial charge in [0.1, 0.15) is 16.5 Å². The second-order valence-electron chi connectivity index (χ2n) is 5.83. The summed E-state index contributed by atoms with van der Waals surface area (Å²) in [6.45, 7) is 0.608. The van der Waals surface area contributed by atoms with Gasteiger partial charge in [0, 0.05) is 31.1 Å². The van der Waals surface area contributed by atoms with Gasteiger partial charge in [0.2, 0.25) is 10.0 Å². The summed E-state index contributed by atoms with van der Waals surface area (Å²) >= 11 is 7.20. The number of thiophene rings is 1. The Hall–Kier alpha value is -1.75. The van der Waals surface area contributed by atoms with Gasteiger partial charge in [-0.25, -0.2) is 22.0 Å². The van der Waals surface area contributed by atoms with Crippen LogP contribution in [0.4, 0.5) is 13.6 Å². The van der Waals surface area contributed by atoms with Gasteiger partial charge in [0.15, 0.2) is 0 Å². The lowest BCUT2D eigenvalue weighted by Crippen LogP contribution is -2.53. The summed E-state index contributed by atoms with van der Waals surface area (Å²) in [6.07, 6.45) is 0. The number of urea groups is 1. The fourth-order valence-corrected chi connectivity index (χ4v) is 5.19. The topological polar surface area (TPSA) is 69.7 Å². The molecule has 2 aromatic rings. The lowest BCUT2D eigenvalue weighted by atomic mass is 10.3. The van der Waals surface area contributed by atoms with Crippen LogP contribution in [0.5, 0.6) is 0 Å². The minimum atomic E-state index is -4.17. The molecule has 27 heavy (non-hydrogen) atoms. The maximum Gasteiger partial charge on any atom is 0.317 e. The van der Waals surface area contributed by atoms with Crippen molar-refractivity contribution in [3.63, 3.8) is 0 Å². The maximum atomic E-state index is 13.8. The molecule has 2 amide bonds. The Morgan fingerprint density at radius 3 is 2.48 bits per heavy atom. The van der Waals surface area contributed by atoms with Crippen LogP contribution in [0.2, 0.25) is 4.34 Å². The van der Waals surface area contributed by atoms with Gasteiger partial charge in [0.25, 0.3) is 0 Å². The van der Waals surface area contributed by atoms with E-state index in [2.05, 4.69) is 5.32 Å². The van der Waals surface area contributed by atoms with E-state index in [9.17, 15) is 22.0 Å². The quantitative estimate of drug-likeness (QED) is 0.802. The SMILES string of the molecule is O=C(NCc1ccc(Cl)s1)N1CCN(S(=O)(=O)c2cc(F)ccc2F)CC1. The summed E-state index contributed by atoms with van der Waals surface area (Å²) in [4.78, 5) is 13.9. The lowest BCUT2D eigenvalue weighted by Gasteiger charge is -2.34. The van der Waals surface area contributed by atoms with E-state index in [1.165, 1.54) is 16.2 Å². The normalized spacial score (nSPS) is 15.7. The molecule has 11 heteroatoms. The molecule has 1 aromatic carbocycles. The molecule has 0 atom stereocenters. The van der Waals surface area contributed by atoms with Crippen molar-refractivity contribution >= 4 is 39.0 Å². The molecular formula is C16H16ClF2N3O3S2. The molecule has 0 unspecified atom stereocenters. The molecule has 1 aliphatic heterocycles. The Kier molecular flexibility index (Phi) is 5.99. The third-order valence-electron chi connectivity index (χ3n) is 4.08. The number of piperazine rings is 1. The number of nitrogens with one attached hydrogen (secondary N) is 1. The van der Waals surface area contributed by atoms with Crippen LogP contribution in [0.1, 0.15) is 4.88 Å². The summed E-state index contributed by atoms with van der Waals surface area (Å²) in [5, 5.41) is 2.75. The highest BCUT2D eigenvalue weighted by atomic mass is 35.5. The molecule has 6 nitrogen and oxygen atoms in total. The fraction of sp³-hybridized carbons (Fsp3) is 0.312. The minimum absolute atomic E-state index is 0.00344. The number of benzene rings is 1. The van der Waals surface area contributed by atoms with Gasteiger partial charge in [-0.1, -0.05) is 11.6 Å². The van der Waals surface area contributed by atoms with Crippen LogP contribution in [0.25, 0.3) is 0 Å². The van der Waals surface area contributed by atoms with E-state index in [4.69, 9.17) is 11.6 Å². The van der Waals surface area contributed by atoms with Crippen molar-refractivity contribution < 1.29 is 22.0 Å². The van der Waals surface area contributed by atoms with E-state index in [0.29, 0.717) is 16.9 Å². The highest BCUT2D eigenvalue weighted by Gasteiger charge is 2.32. The molecule has 0 aliphatic carbocycles. The number of carbonyl (C=O) groups is 1. The van der Waals surface area contributed by atoms with Gasteiger partial charge in [-0.3, -0.25) is 0 Å². The number of halogens is 3. The Bertz CT molecular complexity index is 944. The smallest absolute Gasteiger partial charge is 0.317 e. The summed E-state index contributed by atoms with van der Waals surface area (Å²) in [6, 6.07) is 5.53. The van der Waals surface area contributed by atoms with Crippen molar-refractivity contribution in [2.75, 3.05) is 26.2 Å². The first-order valence-electron chi connectivity index (χ1n) is 7.99. The third-order valence-corrected chi connectivity index (χ3v) is 7.22. The summed E-state index contributed by atoms with van der Waals surface area (Å²) < 4.78 is 53.9. The van der Waals surface area contributed by atoms with Crippen molar-refractivity contribution in [2.24, 2.45) is 0 Å². The number of carbonyl (C=O) groups excluding carboxylic acids is 1. The zero-order chi connectivity index (χ0) is 19.6. The Balaban J connectivity index is 1.59. The fourth-order valence-electron chi connectivity index (χ4n) is 2.67. The molecule has 146 valence electrons. The molecule has 1 N–H and O–H groups in total. The van der Waals surface area contributed by atoms with Crippen LogP contribution in [-0.2, 0) is 16.6 Å². The molecule has 1 saturated heterocycles. The number of hydrogen-bond donors (Lipinski definition) is 1. The number of amides is 2. The Morgan fingerprint density at radius 2 is 1.85 bits per heavy atom. The predicted molar refractivity (Wildman–Crippen MR) is 98.3 cm³/mol. The first-order chi connectivity index (χ1) is 12.8. The van der Waals surface area contributed by atoms with Crippen LogP contribution < -0.4 is 5.32 Å². The van der Waals surface area contributed by atoms with Crippen LogP contribution in [0, 0.1) is 11.6 Å². The van der Waals surface area contributed by atoms with E-state index in [-0.39, 0.29) is 32.2 Å². The molecule has 0 saturated carbocycles. The second-order valence-corrected chi connectivity index (χ2v) is 9.54. The van der Waals surface area contributed by atoms with E-state index in [1.54, 1.807) is 6.07 Å². The van der Waals surface area contributed by atoms with Gasteiger partial charge in [-0.05, 0) is 30.3 Å². The Morgan fingerprint density at radius 1 is 1.15 bits per heavy atom. The number of nitrogens with zero attached hydrogens (tertiary/aromatic N) is 2. The Labute approximate surface area is 164 Å². The monoisotopic (exact) mass is 435 g/mol. The number of sulfonamides is 1. The zero-order valence-electron chi connectivity index (χ0n) is 14.0. The van der Waals surface area contributed by atoms with Crippen molar-refractivity contribution in [2.45, 2.75) is 11.4 Å². The number of rotatable bonds is 4. The second kappa shape index (κ2) is 8.09. The minimum Gasteiger partial charge on any atom is -0.333 e. The standard InChI is InChI=1S/C16H16ClF2N3O3S2/c17-15-4-2-12(26-15)10-20-16(23)21-5-7-22(8-6-21)27(24,25)14-9-11(18)1-3-13(14)19/h1-4,9H,5-8,10H2,(H,20,23). The molecule has 1 fully saturated rings. The molecule has 3 rings (SSSR count). The van der Waals surface area contributed by atoms with Crippen molar-refractivity contribution in [3.8, 4) is 0 Å². The van der Waals surface area contributed by atoms with E-state index in [1.807, 2.05) is 6.07 Å². The summed E-state index contributed by atoms with van der Waals surface area (Å²) in [5.74, 6) is -1.84. The van der Waals surface area contributed by atoms with Crippen LogP contribution in [0.15, 0.2) is 35.2 Å². The maximum absolute atomic E-state index is 13.8. The molecule has 2 heterocycles. The van der Waals surface area contributed by atoms with Gasteiger partial charge in [0.05, 0.1) is 10.9 Å². The number of hydrogen-bond acceptors (Lipinski definition) is 4. The molecule has 0 spiro atoms. The van der Waals surface area contributed by atoms with Gasteiger partial charge < -0.3 is 10.2 Å². The molecular weight excluding hydrogens is 420 g/mol. The van der Waals surface area contributed by atoms with Crippen LogP contribution >= 0.6 is 22.9 Å². The molecule has 0 radical (unpaired) electrons. The van der Waals surface area contributed by atoms with E-state index in [0.717, 1.165) is 21.3 Å². The molecule has 1 aliphatic rings. The third kappa shape index (κ3) is 4.57. The largest absolute Gasteiger partial charge is 0.333 e. The van der Waals surface area contributed by atoms with Crippen LogP contribution in [-0.4, -0.2) is 49.8 Å². The summed E-state index contributed by atoms with van der Waals surface area (Å²) in [7, 11) is -4.17. The van der Waals surface area contributed by atoms with Crippen molar-refractivity contribution in [1.29, 1.82) is 0 Å².